The second-order valence-electron chi connectivity index (χ2n) is 4.92. The molecule has 2 rings (SSSR count). The number of furan rings is 1. The minimum atomic E-state index is -0.609. The van der Waals surface area contributed by atoms with Gasteiger partial charge in [0.1, 0.15) is 17.4 Å². The fraction of sp³-hybridized carbons (Fsp3) is 0.467. The van der Waals surface area contributed by atoms with Gasteiger partial charge in [0.15, 0.2) is 0 Å². The maximum absolute atomic E-state index is 10.3. The minimum Gasteiger partial charge on any atom is -0.458 e. The monoisotopic (exact) mass is 247 g/mol. The number of aryl methyl sites for hydroxylation is 1. The molecule has 2 atom stereocenters. The molecule has 1 aromatic heterocycles. The lowest BCUT2D eigenvalue weighted by atomic mass is 9.95. The fourth-order valence-corrected chi connectivity index (χ4v) is 2.34. The second-order valence-corrected chi connectivity index (χ2v) is 4.92. The van der Waals surface area contributed by atoms with Crippen LogP contribution in [-0.2, 0) is 0 Å². The quantitative estimate of drug-likeness (QED) is 0.853. The zero-order chi connectivity index (χ0) is 13.1. The Morgan fingerprint density at radius 2 is 2.11 bits per heavy atom. The number of hydrogen-bond acceptors (Lipinski definition) is 3. The van der Waals surface area contributed by atoms with Gasteiger partial charge in [-0.2, -0.15) is 0 Å². The first-order chi connectivity index (χ1) is 8.65. The number of aliphatic hydroxyl groups is 1. The van der Waals surface area contributed by atoms with Gasteiger partial charge in [0.2, 0.25) is 0 Å². The van der Waals surface area contributed by atoms with Crippen LogP contribution in [0.15, 0.2) is 28.7 Å². The molecule has 0 spiro atoms. The maximum atomic E-state index is 10.3. The summed E-state index contributed by atoms with van der Waals surface area (Å²) in [5, 5.41) is 11.3. The van der Waals surface area contributed by atoms with Crippen LogP contribution in [0.5, 0.6) is 0 Å². The van der Waals surface area contributed by atoms with Crippen molar-refractivity contribution in [2.45, 2.75) is 32.8 Å². The van der Waals surface area contributed by atoms with Crippen LogP contribution < -0.4 is 5.73 Å². The van der Waals surface area contributed by atoms with Gasteiger partial charge in [-0.25, -0.2) is 0 Å². The smallest absolute Gasteiger partial charge is 0.134 e. The van der Waals surface area contributed by atoms with Crippen molar-refractivity contribution in [2.24, 2.45) is 11.7 Å². The highest BCUT2D eigenvalue weighted by atomic mass is 16.4. The van der Waals surface area contributed by atoms with E-state index >= 15 is 0 Å². The Balaban J connectivity index is 2.29. The number of nitrogens with two attached hydrogens (primary N) is 1. The number of aliphatic hydroxyl groups excluding tert-OH is 1. The summed E-state index contributed by atoms with van der Waals surface area (Å²) >= 11 is 0. The molecule has 3 heteroatoms. The Morgan fingerprint density at radius 3 is 2.78 bits per heavy atom. The third-order valence-corrected chi connectivity index (χ3v) is 3.39. The van der Waals surface area contributed by atoms with Crippen molar-refractivity contribution in [1.82, 2.24) is 0 Å². The highest BCUT2D eigenvalue weighted by Crippen LogP contribution is 2.30. The molecule has 0 radical (unpaired) electrons. The van der Waals surface area contributed by atoms with E-state index in [0.29, 0.717) is 12.3 Å². The average Bonchev–Trinajstić information content (AvgIpc) is 2.77. The summed E-state index contributed by atoms with van der Waals surface area (Å²) in [5.74, 6) is 0.691. The van der Waals surface area contributed by atoms with E-state index in [4.69, 9.17) is 10.2 Å². The van der Waals surface area contributed by atoms with E-state index in [2.05, 4.69) is 13.0 Å². The summed E-state index contributed by atoms with van der Waals surface area (Å²) in [6, 6.07) is 7.93. The first-order valence-corrected chi connectivity index (χ1v) is 6.54. The van der Waals surface area contributed by atoms with E-state index in [1.54, 1.807) is 0 Å². The number of benzene rings is 1. The van der Waals surface area contributed by atoms with E-state index in [0.717, 1.165) is 23.8 Å². The normalized spacial score (nSPS) is 14.9. The lowest BCUT2D eigenvalue weighted by Crippen LogP contribution is -2.21. The maximum Gasteiger partial charge on any atom is 0.134 e. The van der Waals surface area contributed by atoms with Gasteiger partial charge in [-0.05, 0) is 38.1 Å². The van der Waals surface area contributed by atoms with Crippen LogP contribution in [0.1, 0.15) is 37.2 Å². The van der Waals surface area contributed by atoms with Crippen molar-refractivity contribution in [3.8, 4) is 0 Å². The van der Waals surface area contributed by atoms with E-state index in [1.807, 2.05) is 25.1 Å². The van der Waals surface area contributed by atoms with Crippen LogP contribution >= 0.6 is 0 Å². The molecule has 0 aliphatic carbocycles. The van der Waals surface area contributed by atoms with Gasteiger partial charge in [-0.15, -0.1) is 0 Å². The molecule has 2 aromatic rings. The van der Waals surface area contributed by atoms with Crippen molar-refractivity contribution in [3.63, 3.8) is 0 Å². The molecule has 0 saturated heterocycles. The third kappa shape index (κ3) is 2.57. The summed E-state index contributed by atoms with van der Waals surface area (Å²) in [6.45, 7) is 4.62. The van der Waals surface area contributed by atoms with Gasteiger partial charge in [-0.3, -0.25) is 0 Å². The highest BCUT2D eigenvalue weighted by Gasteiger charge is 2.22. The van der Waals surface area contributed by atoms with Crippen molar-refractivity contribution in [1.29, 1.82) is 0 Å². The SMILES string of the molecule is CCCC(CN)C(O)c1cc2cc(C)ccc2o1. The van der Waals surface area contributed by atoms with Gasteiger partial charge < -0.3 is 15.3 Å². The van der Waals surface area contributed by atoms with Crippen LogP contribution in [0, 0.1) is 12.8 Å². The van der Waals surface area contributed by atoms with E-state index in [1.165, 1.54) is 5.56 Å². The molecule has 0 aliphatic rings. The Kier molecular flexibility index (Phi) is 4.04. The predicted molar refractivity (Wildman–Crippen MR) is 73.4 cm³/mol. The minimum absolute atomic E-state index is 0.0664. The standard InChI is InChI=1S/C15H21NO2/c1-3-4-11(9-16)15(17)14-8-12-7-10(2)5-6-13(12)18-14/h5-8,11,15,17H,3-4,9,16H2,1-2H3. The lowest BCUT2D eigenvalue weighted by molar-refractivity contribution is 0.0862. The molecule has 0 aliphatic heterocycles. The van der Waals surface area contributed by atoms with E-state index in [9.17, 15) is 5.11 Å². The number of fused-ring (bicyclic) bond motifs is 1. The molecule has 0 fully saturated rings. The molecule has 1 heterocycles. The molecule has 0 bridgehead atoms. The van der Waals surface area contributed by atoms with E-state index in [-0.39, 0.29) is 5.92 Å². The lowest BCUT2D eigenvalue weighted by Gasteiger charge is -2.18. The summed E-state index contributed by atoms with van der Waals surface area (Å²) in [4.78, 5) is 0. The molecule has 98 valence electrons. The predicted octanol–water partition coefficient (Wildman–Crippen LogP) is 3.15. The van der Waals surface area contributed by atoms with Gasteiger partial charge >= 0.3 is 0 Å². The molecular weight excluding hydrogens is 226 g/mol. The van der Waals surface area contributed by atoms with Crippen molar-refractivity contribution >= 4 is 11.0 Å². The Labute approximate surface area is 108 Å². The van der Waals surface area contributed by atoms with Crippen LogP contribution in [0.25, 0.3) is 11.0 Å². The van der Waals surface area contributed by atoms with Gasteiger partial charge in [0.25, 0.3) is 0 Å². The van der Waals surface area contributed by atoms with Crippen LogP contribution in [-0.4, -0.2) is 11.7 Å². The molecular formula is C15H21NO2. The number of rotatable bonds is 5. The molecule has 3 N–H and O–H groups in total. The first-order valence-electron chi connectivity index (χ1n) is 6.54. The van der Waals surface area contributed by atoms with Crippen LogP contribution in [0.2, 0.25) is 0 Å². The Hall–Kier alpha value is -1.32. The third-order valence-electron chi connectivity index (χ3n) is 3.39. The van der Waals surface area contributed by atoms with Gasteiger partial charge in [0.05, 0.1) is 0 Å². The summed E-state index contributed by atoms with van der Waals surface area (Å²) in [5.41, 5.74) is 7.72. The van der Waals surface area contributed by atoms with Gasteiger partial charge in [-0.1, -0.05) is 25.0 Å². The van der Waals surface area contributed by atoms with Crippen LogP contribution in [0.3, 0.4) is 0 Å². The molecule has 0 saturated carbocycles. The van der Waals surface area contributed by atoms with Gasteiger partial charge in [0, 0.05) is 11.3 Å². The zero-order valence-electron chi connectivity index (χ0n) is 11.0. The molecule has 18 heavy (non-hydrogen) atoms. The van der Waals surface area contributed by atoms with Crippen molar-refractivity contribution in [2.75, 3.05) is 6.54 Å². The molecule has 1 aromatic carbocycles. The summed E-state index contributed by atoms with van der Waals surface area (Å²) in [6.07, 6.45) is 1.31. The van der Waals surface area contributed by atoms with Crippen LogP contribution in [0.4, 0.5) is 0 Å². The zero-order valence-corrected chi connectivity index (χ0v) is 11.0. The molecule has 0 amide bonds. The Morgan fingerprint density at radius 1 is 1.33 bits per heavy atom. The summed E-state index contributed by atoms with van der Waals surface area (Å²) in [7, 11) is 0. The molecule has 2 unspecified atom stereocenters. The van der Waals surface area contributed by atoms with Crippen molar-refractivity contribution < 1.29 is 9.52 Å². The largest absolute Gasteiger partial charge is 0.458 e. The highest BCUT2D eigenvalue weighted by molar-refractivity contribution is 5.78. The van der Waals surface area contributed by atoms with E-state index < -0.39 is 6.10 Å². The van der Waals surface area contributed by atoms with Crippen molar-refractivity contribution in [3.05, 3.63) is 35.6 Å². The Bertz CT molecular complexity index is 518. The fourth-order valence-electron chi connectivity index (χ4n) is 2.34. The summed E-state index contributed by atoms with van der Waals surface area (Å²) < 4.78 is 5.71. The molecule has 3 nitrogen and oxygen atoms in total. The average molecular weight is 247 g/mol. The first kappa shape index (κ1) is 13.1. The topological polar surface area (TPSA) is 59.4 Å². The number of hydrogen-bond donors (Lipinski definition) is 2. The second kappa shape index (κ2) is 5.55.